The number of hydrogen-bond acceptors (Lipinski definition) is 6. The number of aromatic nitrogens is 2. The smallest absolute Gasteiger partial charge is 0.259 e. The van der Waals surface area contributed by atoms with E-state index in [1.165, 1.54) is 16.9 Å². The highest BCUT2D eigenvalue weighted by molar-refractivity contribution is 7.98. The minimum atomic E-state index is -0.0171. The van der Waals surface area contributed by atoms with Crippen molar-refractivity contribution in [1.29, 1.82) is 0 Å². The number of nitrogens with zero attached hydrogens (tertiary/aromatic N) is 1. The van der Waals surface area contributed by atoms with Crippen LogP contribution in [0.15, 0.2) is 35.1 Å². The zero-order valence-corrected chi connectivity index (χ0v) is 20.7. The molecule has 8 heteroatoms. The highest BCUT2D eigenvalue weighted by Gasteiger charge is 2.19. The van der Waals surface area contributed by atoms with Crippen molar-refractivity contribution in [3.8, 4) is 0 Å². The van der Waals surface area contributed by atoms with Gasteiger partial charge in [-0.05, 0) is 50.2 Å². The maximum absolute atomic E-state index is 12.6. The minimum absolute atomic E-state index is 0.0171. The Morgan fingerprint density at radius 2 is 2.09 bits per heavy atom. The third kappa shape index (κ3) is 6.46. The Morgan fingerprint density at radius 3 is 2.94 bits per heavy atom. The SMILES string of the molecule is CC(OCCCNC(=O)CCSCc1nc2sc3c(c2c(=O)[nH]1)CCCC3)c1ccccc1. The number of amides is 1. The maximum atomic E-state index is 12.6. The van der Waals surface area contributed by atoms with Crippen LogP contribution in [0, 0.1) is 0 Å². The zero-order chi connectivity index (χ0) is 23.0. The van der Waals surface area contributed by atoms with E-state index in [0.29, 0.717) is 36.9 Å². The van der Waals surface area contributed by atoms with E-state index in [1.54, 1.807) is 23.1 Å². The van der Waals surface area contributed by atoms with Crippen LogP contribution in [-0.4, -0.2) is 34.8 Å². The Bertz CT molecular complexity index is 1130. The quantitative estimate of drug-likeness (QED) is 0.382. The molecular formula is C25H31N3O3S2. The molecule has 2 aromatic heterocycles. The van der Waals surface area contributed by atoms with Gasteiger partial charge in [0.2, 0.25) is 5.91 Å². The Morgan fingerprint density at radius 1 is 1.27 bits per heavy atom. The number of benzene rings is 1. The molecule has 1 aliphatic rings. The molecule has 1 aromatic carbocycles. The molecule has 6 nitrogen and oxygen atoms in total. The fourth-order valence-electron chi connectivity index (χ4n) is 4.08. The highest BCUT2D eigenvalue weighted by Crippen LogP contribution is 2.33. The molecule has 1 amide bonds. The van der Waals surface area contributed by atoms with Crippen molar-refractivity contribution in [2.45, 2.75) is 57.3 Å². The number of ether oxygens (including phenoxy) is 1. The molecule has 33 heavy (non-hydrogen) atoms. The number of carbonyl (C=O) groups excluding carboxylic acids is 1. The number of thiophene rings is 1. The summed E-state index contributed by atoms with van der Waals surface area (Å²) in [7, 11) is 0. The largest absolute Gasteiger partial charge is 0.374 e. The van der Waals surface area contributed by atoms with Gasteiger partial charge >= 0.3 is 0 Å². The van der Waals surface area contributed by atoms with Crippen LogP contribution in [0.1, 0.15) is 60.5 Å². The van der Waals surface area contributed by atoms with Gasteiger partial charge in [-0.3, -0.25) is 9.59 Å². The first-order chi connectivity index (χ1) is 16.1. The number of fused-ring (bicyclic) bond motifs is 3. The van der Waals surface area contributed by atoms with Crippen LogP contribution in [0.2, 0.25) is 0 Å². The van der Waals surface area contributed by atoms with E-state index in [4.69, 9.17) is 9.72 Å². The molecule has 0 saturated heterocycles. The first kappa shape index (κ1) is 24.0. The molecule has 1 unspecified atom stereocenters. The molecule has 2 N–H and O–H groups in total. The lowest BCUT2D eigenvalue weighted by atomic mass is 9.97. The third-order valence-corrected chi connectivity index (χ3v) is 8.02. The second-order valence-corrected chi connectivity index (χ2v) is 10.5. The van der Waals surface area contributed by atoms with E-state index in [-0.39, 0.29) is 17.6 Å². The first-order valence-electron chi connectivity index (χ1n) is 11.7. The van der Waals surface area contributed by atoms with Crippen molar-refractivity contribution < 1.29 is 9.53 Å². The molecule has 2 heterocycles. The van der Waals surface area contributed by atoms with Crippen molar-refractivity contribution in [2.75, 3.05) is 18.9 Å². The van der Waals surface area contributed by atoms with E-state index in [0.717, 1.165) is 41.5 Å². The fourth-order valence-corrected chi connectivity index (χ4v) is 6.16. The number of aromatic amines is 1. The summed E-state index contributed by atoms with van der Waals surface area (Å²) in [6.45, 7) is 3.26. The van der Waals surface area contributed by atoms with E-state index in [1.807, 2.05) is 25.1 Å². The van der Waals surface area contributed by atoms with Crippen LogP contribution in [0.25, 0.3) is 10.2 Å². The Labute approximate surface area is 202 Å². The van der Waals surface area contributed by atoms with Crippen molar-refractivity contribution >= 4 is 39.2 Å². The monoisotopic (exact) mass is 485 g/mol. The number of hydrogen-bond donors (Lipinski definition) is 2. The Hall–Kier alpha value is -2.16. The number of rotatable bonds is 11. The molecule has 0 radical (unpaired) electrons. The van der Waals surface area contributed by atoms with Gasteiger partial charge in [0.15, 0.2) is 0 Å². The van der Waals surface area contributed by atoms with Gasteiger partial charge in [0.25, 0.3) is 5.56 Å². The second kappa shape index (κ2) is 11.8. The summed E-state index contributed by atoms with van der Waals surface area (Å²) in [6, 6.07) is 10.1. The van der Waals surface area contributed by atoms with Crippen molar-refractivity contribution in [1.82, 2.24) is 15.3 Å². The molecule has 0 saturated carbocycles. The van der Waals surface area contributed by atoms with Crippen LogP contribution in [0.4, 0.5) is 0 Å². The average molecular weight is 486 g/mol. The summed E-state index contributed by atoms with van der Waals surface area (Å²) >= 11 is 3.29. The van der Waals surface area contributed by atoms with Crippen molar-refractivity contribution in [3.05, 3.63) is 62.5 Å². The van der Waals surface area contributed by atoms with Gasteiger partial charge in [-0.25, -0.2) is 4.98 Å². The van der Waals surface area contributed by atoms with Gasteiger partial charge < -0.3 is 15.0 Å². The zero-order valence-electron chi connectivity index (χ0n) is 19.0. The topological polar surface area (TPSA) is 84.1 Å². The molecule has 0 fully saturated rings. The van der Waals surface area contributed by atoms with Crippen LogP contribution in [0.3, 0.4) is 0 Å². The van der Waals surface area contributed by atoms with Crippen LogP contribution < -0.4 is 10.9 Å². The van der Waals surface area contributed by atoms with Crippen LogP contribution >= 0.6 is 23.1 Å². The summed E-state index contributed by atoms with van der Waals surface area (Å²) in [5.74, 6) is 2.03. The van der Waals surface area contributed by atoms with E-state index < -0.39 is 0 Å². The molecule has 0 aliphatic heterocycles. The Balaban J connectivity index is 1.13. The number of carbonyl (C=O) groups is 1. The molecule has 176 valence electrons. The molecular weight excluding hydrogens is 454 g/mol. The average Bonchev–Trinajstić information content (AvgIpc) is 3.21. The van der Waals surface area contributed by atoms with E-state index in [9.17, 15) is 9.59 Å². The molecule has 3 aromatic rings. The van der Waals surface area contributed by atoms with Crippen molar-refractivity contribution in [3.63, 3.8) is 0 Å². The lowest BCUT2D eigenvalue weighted by Gasteiger charge is -2.13. The molecule has 1 aliphatic carbocycles. The summed E-state index contributed by atoms with van der Waals surface area (Å²) < 4.78 is 5.83. The predicted octanol–water partition coefficient (Wildman–Crippen LogP) is 4.77. The first-order valence-corrected chi connectivity index (χ1v) is 13.6. The van der Waals surface area contributed by atoms with Gasteiger partial charge in [0.1, 0.15) is 10.7 Å². The lowest BCUT2D eigenvalue weighted by molar-refractivity contribution is -0.120. The summed E-state index contributed by atoms with van der Waals surface area (Å²) in [5.41, 5.74) is 2.36. The molecule has 0 spiro atoms. The predicted molar refractivity (Wildman–Crippen MR) is 136 cm³/mol. The summed E-state index contributed by atoms with van der Waals surface area (Å²) in [4.78, 5) is 34.5. The van der Waals surface area contributed by atoms with Gasteiger partial charge in [0, 0.05) is 30.2 Å². The van der Waals surface area contributed by atoms with E-state index >= 15 is 0 Å². The summed E-state index contributed by atoms with van der Waals surface area (Å²) in [5, 5.41) is 3.75. The number of H-pyrrole nitrogens is 1. The molecule has 0 bridgehead atoms. The number of nitrogens with one attached hydrogen (secondary N) is 2. The third-order valence-electron chi connectivity index (χ3n) is 5.87. The number of thioether (sulfide) groups is 1. The lowest BCUT2D eigenvalue weighted by Crippen LogP contribution is -2.25. The van der Waals surface area contributed by atoms with Crippen LogP contribution in [-0.2, 0) is 28.1 Å². The van der Waals surface area contributed by atoms with Gasteiger partial charge in [-0.15, -0.1) is 11.3 Å². The number of aryl methyl sites for hydroxylation is 2. The molecule has 4 rings (SSSR count). The minimum Gasteiger partial charge on any atom is -0.374 e. The van der Waals surface area contributed by atoms with Crippen LogP contribution in [0.5, 0.6) is 0 Å². The van der Waals surface area contributed by atoms with Gasteiger partial charge in [-0.1, -0.05) is 30.3 Å². The van der Waals surface area contributed by atoms with Crippen molar-refractivity contribution in [2.24, 2.45) is 0 Å². The fraction of sp³-hybridized carbons (Fsp3) is 0.480. The van der Waals surface area contributed by atoms with Gasteiger partial charge in [-0.2, -0.15) is 11.8 Å². The summed E-state index contributed by atoms with van der Waals surface area (Å²) in [6.07, 6.45) is 5.68. The highest BCUT2D eigenvalue weighted by atomic mass is 32.2. The maximum Gasteiger partial charge on any atom is 0.259 e. The molecule has 1 atom stereocenters. The standard InChI is InChI=1S/C25H31N3O3S2/c1-17(18-8-3-2-4-9-18)31-14-7-13-26-22(29)12-15-32-16-21-27-24(30)23-19-10-5-6-11-20(19)33-25(23)28-21/h2-4,8-9,17H,5-7,10-16H2,1H3,(H,26,29)(H,27,28,30). The second-order valence-electron chi connectivity index (χ2n) is 8.33. The van der Waals surface area contributed by atoms with E-state index in [2.05, 4.69) is 22.4 Å². The normalized spacial score (nSPS) is 14.2. The Kier molecular flexibility index (Phi) is 8.58. The van der Waals surface area contributed by atoms with Gasteiger partial charge in [0.05, 0.1) is 17.2 Å².